The molecular formula is C17H16FN3O4. The number of benzene rings is 2. The highest BCUT2D eigenvalue weighted by Crippen LogP contribution is 2.23. The second kappa shape index (κ2) is 7.91. The number of para-hydroxylation sites is 1. The lowest BCUT2D eigenvalue weighted by Crippen LogP contribution is -2.21. The van der Waals surface area contributed by atoms with Crippen LogP contribution in [0, 0.1) is 5.82 Å². The Labute approximate surface area is 143 Å². The Morgan fingerprint density at radius 1 is 1.12 bits per heavy atom. The van der Waals surface area contributed by atoms with Crippen LogP contribution < -0.4 is 21.1 Å². The van der Waals surface area contributed by atoms with Crippen LogP contribution in [0.1, 0.15) is 17.3 Å². The first kappa shape index (κ1) is 17.9. The normalized spacial score (nSPS) is 10.0. The molecule has 2 aromatic rings. The highest BCUT2D eigenvalue weighted by molar-refractivity contribution is 6.06. The first-order valence-corrected chi connectivity index (χ1v) is 7.25. The maximum Gasteiger partial charge on any atom is 0.259 e. The maximum absolute atomic E-state index is 13.9. The van der Waals surface area contributed by atoms with Crippen LogP contribution in [0.3, 0.4) is 0 Å². The zero-order valence-corrected chi connectivity index (χ0v) is 13.3. The summed E-state index contributed by atoms with van der Waals surface area (Å²) in [7, 11) is 0. The Balaban J connectivity index is 2.22. The summed E-state index contributed by atoms with van der Waals surface area (Å²) in [6, 6.07) is 9.94. The average molecular weight is 345 g/mol. The molecule has 0 saturated carbocycles. The smallest absolute Gasteiger partial charge is 0.259 e. The standard InChI is InChI=1S/C17H16FN3O4/c1-10(22)20-11-6-7-13(18)14(8-11)21-17(24)12-4-2-3-5-15(12)25-9-16(19)23/h2-8H,9H2,1H3,(H2,19,23)(H,20,22)(H,21,24). The van der Waals surface area contributed by atoms with E-state index in [4.69, 9.17) is 10.5 Å². The van der Waals surface area contributed by atoms with Crippen molar-refractivity contribution < 1.29 is 23.5 Å². The molecule has 3 amide bonds. The van der Waals surface area contributed by atoms with E-state index in [1.54, 1.807) is 12.1 Å². The Bertz CT molecular complexity index is 823. The summed E-state index contributed by atoms with van der Waals surface area (Å²) in [5.74, 6) is -2.19. The molecule has 0 unspecified atom stereocenters. The first-order valence-electron chi connectivity index (χ1n) is 7.25. The zero-order valence-electron chi connectivity index (χ0n) is 13.3. The number of primary amides is 1. The van der Waals surface area contributed by atoms with Crippen molar-refractivity contribution in [3.8, 4) is 5.75 Å². The van der Waals surface area contributed by atoms with Crippen molar-refractivity contribution in [1.29, 1.82) is 0 Å². The summed E-state index contributed by atoms with van der Waals surface area (Å²) in [5, 5.41) is 4.90. The molecule has 0 aliphatic heterocycles. The van der Waals surface area contributed by atoms with Crippen LogP contribution in [0.5, 0.6) is 5.75 Å². The predicted molar refractivity (Wildman–Crippen MR) is 89.8 cm³/mol. The monoisotopic (exact) mass is 345 g/mol. The number of hydrogen-bond acceptors (Lipinski definition) is 4. The molecule has 2 rings (SSSR count). The molecule has 25 heavy (non-hydrogen) atoms. The summed E-state index contributed by atoms with van der Waals surface area (Å²) in [6.45, 7) is 0.921. The van der Waals surface area contributed by atoms with Gasteiger partial charge in [-0.25, -0.2) is 4.39 Å². The highest BCUT2D eigenvalue weighted by Gasteiger charge is 2.15. The van der Waals surface area contributed by atoms with Crippen molar-refractivity contribution in [2.75, 3.05) is 17.2 Å². The number of hydrogen-bond donors (Lipinski definition) is 3. The Morgan fingerprint density at radius 3 is 2.52 bits per heavy atom. The van der Waals surface area contributed by atoms with Crippen molar-refractivity contribution in [2.24, 2.45) is 5.73 Å². The molecule has 7 nitrogen and oxygen atoms in total. The fourth-order valence-electron chi connectivity index (χ4n) is 2.02. The van der Waals surface area contributed by atoms with E-state index in [9.17, 15) is 18.8 Å². The average Bonchev–Trinajstić information content (AvgIpc) is 2.55. The molecular weight excluding hydrogens is 329 g/mol. The van der Waals surface area contributed by atoms with E-state index in [0.29, 0.717) is 5.69 Å². The van der Waals surface area contributed by atoms with Gasteiger partial charge in [0.1, 0.15) is 11.6 Å². The topological polar surface area (TPSA) is 111 Å². The number of amides is 3. The van der Waals surface area contributed by atoms with Gasteiger partial charge in [-0.2, -0.15) is 0 Å². The molecule has 0 aliphatic carbocycles. The van der Waals surface area contributed by atoms with Gasteiger partial charge in [-0.05, 0) is 30.3 Å². The lowest BCUT2D eigenvalue weighted by Gasteiger charge is -2.12. The van der Waals surface area contributed by atoms with E-state index in [1.165, 1.54) is 31.2 Å². The minimum absolute atomic E-state index is 0.105. The van der Waals surface area contributed by atoms with Crippen LogP contribution in [0.15, 0.2) is 42.5 Å². The van der Waals surface area contributed by atoms with Crippen LogP contribution >= 0.6 is 0 Å². The van der Waals surface area contributed by atoms with Crippen LogP contribution in [0.4, 0.5) is 15.8 Å². The number of anilines is 2. The van der Waals surface area contributed by atoms with Gasteiger partial charge in [0.2, 0.25) is 5.91 Å². The summed E-state index contributed by atoms with van der Waals surface area (Å²) < 4.78 is 19.1. The number of nitrogens with one attached hydrogen (secondary N) is 2. The van der Waals surface area contributed by atoms with Crippen LogP contribution in [-0.2, 0) is 9.59 Å². The summed E-state index contributed by atoms with van der Waals surface area (Å²) in [5.41, 5.74) is 5.35. The summed E-state index contributed by atoms with van der Waals surface area (Å²) in [6.07, 6.45) is 0. The van der Waals surface area contributed by atoms with Gasteiger partial charge in [-0.15, -0.1) is 0 Å². The van der Waals surface area contributed by atoms with Gasteiger partial charge in [0, 0.05) is 12.6 Å². The highest BCUT2D eigenvalue weighted by atomic mass is 19.1. The second-order valence-corrected chi connectivity index (χ2v) is 5.08. The number of ether oxygens (including phenoxy) is 1. The molecule has 0 spiro atoms. The zero-order chi connectivity index (χ0) is 18.4. The predicted octanol–water partition coefficient (Wildman–Crippen LogP) is 1.90. The molecule has 0 atom stereocenters. The lowest BCUT2D eigenvalue weighted by atomic mass is 10.1. The SMILES string of the molecule is CC(=O)Nc1ccc(F)c(NC(=O)c2ccccc2OCC(N)=O)c1. The van der Waals surface area contributed by atoms with Crippen LogP contribution in [0.25, 0.3) is 0 Å². The minimum Gasteiger partial charge on any atom is -0.483 e. The summed E-state index contributed by atoms with van der Waals surface area (Å²) >= 11 is 0. The number of carbonyl (C=O) groups is 3. The van der Waals surface area contributed by atoms with Crippen LogP contribution in [-0.4, -0.2) is 24.3 Å². The number of carbonyl (C=O) groups excluding carboxylic acids is 3. The minimum atomic E-state index is -0.690. The van der Waals surface area contributed by atoms with E-state index in [1.807, 2.05) is 0 Å². The molecule has 2 aromatic carbocycles. The second-order valence-electron chi connectivity index (χ2n) is 5.08. The third-order valence-corrected chi connectivity index (χ3v) is 3.04. The van der Waals surface area contributed by atoms with E-state index in [0.717, 1.165) is 6.07 Å². The molecule has 8 heteroatoms. The third kappa shape index (κ3) is 5.03. The van der Waals surface area contributed by atoms with Crippen LogP contribution in [0.2, 0.25) is 0 Å². The maximum atomic E-state index is 13.9. The molecule has 130 valence electrons. The van der Waals surface area contributed by atoms with Crippen molar-refractivity contribution in [2.45, 2.75) is 6.92 Å². The van der Waals surface area contributed by atoms with Gasteiger partial charge >= 0.3 is 0 Å². The molecule has 0 aromatic heterocycles. The number of rotatable bonds is 6. The summed E-state index contributed by atoms with van der Waals surface area (Å²) in [4.78, 5) is 34.3. The first-order chi connectivity index (χ1) is 11.9. The van der Waals surface area contributed by atoms with E-state index >= 15 is 0 Å². The molecule has 4 N–H and O–H groups in total. The van der Waals surface area contributed by atoms with Gasteiger partial charge in [0.15, 0.2) is 6.61 Å². The van der Waals surface area contributed by atoms with Crippen molar-refractivity contribution in [3.05, 3.63) is 53.8 Å². The molecule has 0 aliphatic rings. The molecule has 0 fully saturated rings. The van der Waals surface area contributed by atoms with Gasteiger partial charge in [-0.3, -0.25) is 14.4 Å². The van der Waals surface area contributed by atoms with Gasteiger partial charge in [0.25, 0.3) is 11.8 Å². The van der Waals surface area contributed by atoms with E-state index in [2.05, 4.69) is 10.6 Å². The molecule has 0 bridgehead atoms. The fourth-order valence-corrected chi connectivity index (χ4v) is 2.02. The molecule has 0 heterocycles. The number of nitrogens with two attached hydrogens (primary N) is 1. The fraction of sp³-hybridized carbons (Fsp3) is 0.118. The third-order valence-electron chi connectivity index (χ3n) is 3.04. The largest absolute Gasteiger partial charge is 0.483 e. The van der Waals surface area contributed by atoms with Crippen molar-refractivity contribution in [3.63, 3.8) is 0 Å². The Kier molecular flexibility index (Phi) is 5.67. The van der Waals surface area contributed by atoms with Gasteiger partial charge < -0.3 is 21.1 Å². The Morgan fingerprint density at radius 2 is 1.84 bits per heavy atom. The molecule has 0 saturated heterocycles. The lowest BCUT2D eigenvalue weighted by molar-refractivity contribution is -0.120. The van der Waals surface area contributed by atoms with E-state index in [-0.39, 0.29) is 22.9 Å². The molecule has 0 radical (unpaired) electrons. The van der Waals surface area contributed by atoms with E-state index < -0.39 is 24.2 Å². The quantitative estimate of drug-likeness (QED) is 0.742. The van der Waals surface area contributed by atoms with Gasteiger partial charge in [-0.1, -0.05) is 12.1 Å². The van der Waals surface area contributed by atoms with Crippen molar-refractivity contribution in [1.82, 2.24) is 0 Å². The number of halogens is 1. The Hall–Kier alpha value is -3.42. The van der Waals surface area contributed by atoms with Crippen molar-refractivity contribution >= 4 is 29.1 Å². The van der Waals surface area contributed by atoms with Gasteiger partial charge in [0.05, 0.1) is 11.3 Å².